The molecule has 7 heteroatoms. The van der Waals surface area contributed by atoms with Crippen molar-refractivity contribution in [3.05, 3.63) is 82.2 Å². The number of aromatic nitrogens is 3. The molecule has 1 aliphatic rings. The van der Waals surface area contributed by atoms with Crippen LogP contribution in [0.3, 0.4) is 0 Å². The molecule has 1 atom stereocenters. The molecule has 0 aliphatic heterocycles. The molecule has 1 aromatic carbocycles. The van der Waals surface area contributed by atoms with E-state index in [1.165, 1.54) is 18.3 Å². The van der Waals surface area contributed by atoms with E-state index in [1.54, 1.807) is 24.3 Å². The molecule has 0 fully saturated rings. The zero-order valence-electron chi connectivity index (χ0n) is 15.2. The lowest BCUT2D eigenvalue weighted by molar-refractivity contribution is 0.0935. The number of nitrogens with zero attached hydrogens (tertiary/aromatic N) is 2. The third-order valence-electron chi connectivity index (χ3n) is 5.07. The molecule has 0 unspecified atom stereocenters. The highest BCUT2D eigenvalue weighted by Gasteiger charge is 2.26. The predicted octanol–water partition coefficient (Wildman–Crippen LogP) is 3.81. The van der Waals surface area contributed by atoms with Crippen LogP contribution in [0.2, 0.25) is 0 Å². The zero-order valence-corrected chi connectivity index (χ0v) is 15.2. The summed E-state index contributed by atoms with van der Waals surface area (Å²) in [7, 11) is 0. The van der Waals surface area contributed by atoms with Crippen molar-refractivity contribution in [2.24, 2.45) is 0 Å². The number of pyridine rings is 1. The molecule has 4 rings (SSSR count). The van der Waals surface area contributed by atoms with Crippen molar-refractivity contribution >= 4 is 5.91 Å². The number of carbonyl (C=O) groups is 1. The summed E-state index contributed by atoms with van der Waals surface area (Å²) >= 11 is 0. The topological polar surface area (TPSA) is 70.7 Å². The molecule has 144 valence electrons. The number of rotatable bonds is 5. The highest BCUT2D eigenvalue weighted by atomic mass is 19.1. The first-order chi connectivity index (χ1) is 13.7. The summed E-state index contributed by atoms with van der Waals surface area (Å²) in [6, 6.07) is 8.57. The summed E-state index contributed by atoms with van der Waals surface area (Å²) in [6.07, 6.45) is 5.22. The second-order valence-electron chi connectivity index (χ2n) is 6.89. The van der Waals surface area contributed by atoms with Gasteiger partial charge in [0, 0.05) is 17.5 Å². The number of nitrogens with one attached hydrogen (secondary N) is 2. The van der Waals surface area contributed by atoms with E-state index < -0.39 is 18.5 Å². The molecular formula is C21H20F2N4O. The molecule has 3 aromatic rings. The van der Waals surface area contributed by atoms with Gasteiger partial charge in [-0.25, -0.2) is 8.78 Å². The summed E-state index contributed by atoms with van der Waals surface area (Å²) in [4.78, 5) is 17.1. The number of carbonyl (C=O) groups excluding carboxylic acids is 1. The highest BCUT2D eigenvalue weighted by molar-refractivity contribution is 5.94. The number of alkyl halides is 1. The van der Waals surface area contributed by atoms with Crippen LogP contribution >= 0.6 is 0 Å². The summed E-state index contributed by atoms with van der Waals surface area (Å²) < 4.78 is 27.3. The van der Waals surface area contributed by atoms with Crippen LogP contribution in [0.4, 0.5) is 8.78 Å². The third-order valence-corrected chi connectivity index (χ3v) is 5.07. The Morgan fingerprint density at radius 3 is 2.71 bits per heavy atom. The second-order valence-corrected chi connectivity index (χ2v) is 6.89. The molecule has 1 aliphatic carbocycles. The average molecular weight is 382 g/mol. The zero-order chi connectivity index (χ0) is 19.5. The smallest absolute Gasteiger partial charge is 0.272 e. The van der Waals surface area contributed by atoms with Crippen molar-refractivity contribution in [3.8, 4) is 0 Å². The van der Waals surface area contributed by atoms with E-state index in [0.717, 1.165) is 36.9 Å². The Hall–Kier alpha value is -3.09. The van der Waals surface area contributed by atoms with E-state index in [9.17, 15) is 13.6 Å². The van der Waals surface area contributed by atoms with Crippen molar-refractivity contribution < 1.29 is 13.6 Å². The maximum atomic E-state index is 14.4. The second kappa shape index (κ2) is 7.88. The Morgan fingerprint density at radius 2 is 1.96 bits per heavy atom. The largest absolute Gasteiger partial charge is 0.338 e. The summed E-state index contributed by atoms with van der Waals surface area (Å²) in [6.45, 7) is -0.589. The maximum absolute atomic E-state index is 14.4. The number of aromatic amines is 1. The molecule has 2 heterocycles. The van der Waals surface area contributed by atoms with Gasteiger partial charge in [-0.15, -0.1) is 0 Å². The number of fused-ring (bicyclic) bond motifs is 1. The number of aryl methyl sites for hydroxylation is 1. The molecular weight excluding hydrogens is 362 g/mol. The van der Waals surface area contributed by atoms with E-state index in [2.05, 4.69) is 20.5 Å². The quantitative estimate of drug-likeness (QED) is 0.705. The minimum absolute atomic E-state index is 0.105. The van der Waals surface area contributed by atoms with Crippen LogP contribution in [0, 0.1) is 5.82 Å². The fourth-order valence-electron chi connectivity index (χ4n) is 3.59. The fraction of sp³-hybridized carbons (Fsp3) is 0.286. The van der Waals surface area contributed by atoms with Gasteiger partial charge in [-0.05, 0) is 48.9 Å². The van der Waals surface area contributed by atoms with E-state index in [1.807, 2.05) is 0 Å². The Balaban J connectivity index is 1.68. The van der Waals surface area contributed by atoms with Gasteiger partial charge in [0.15, 0.2) is 5.69 Å². The SMILES string of the molecule is O=C(N[C@@H](c1ccc(CF)cc1)c1ncccc1F)c1n[nH]c2c1CCCC2. The first-order valence-electron chi connectivity index (χ1n) is 9.29. The van der Waals surface area contributed by atoms with Crippen molar-refractivity contribution in [1.82, 2.24) is 20.5 Å². The normalized spacial score (nSPS) is 14.4. The molecule has 5 nitrogen and oxygen atoms in total. The van der Waals surface area contributed by atoms with Crippen LogP contribution in [0.1, 0.15) is 57.5 Å². The van der Waals surface area contributed by atoms with Gasteiger partial charge < -0.3 is 5.32 Å². The Bertz CT molecular complexity index is 984. The van der Waals surface area contributed by atoms with Gasteiger partial charge in [0.05, 0.1) is 6.04 Å². The van der Waals surface area contributed by atoms with Gasteiger partial charge >= 0.3 is 0 Å². The monoisotopic (exact) mass is 382 g/mol. The van der Waals surface area contributed by atoms with Gasteiger partial charge in [0.1, 0.15) is 18.2 Å². The molecule has 0 spiro atoms. The summed E-state index contributed by atoms with van der Waals surface area (Å²) in [5.41, 5.74) is 3.50. The molecule has 28 heavy (non-hydrogen) atoms. The van der Waals surface area contributed by atoms with Gasteiger partial charge in [-0.1, -0.05) is 24.3 Å². The lowest BCUT2D eigenvalue weighted by atomic mass is 9.95. The van der Waals surface area contributed by atoms with Crippen molar-refractivity contribution in [2.45, 2.75) is 38.4 Å². The molecule has 0 radical (unpaired) electrons. The number of benzene rings is 1. The van der Waals surface area contributed by atoms with E-state index in [4.69, 9.17) is 0 Å². The lowest BCUT2D eigenvalue weighted by Crippen LogP contribution is -2.31. The van der Waals surface area contributed by atoms with E-state index in [0.29, 0.717) is 16.8 Å². The molecule has 0 saturated heterocycles. The van der Waals surface area contributed by atoms with Crippen LogP contribution in [-0.2, 0) is 19.5 Å². The Kier molecular flexibility index (Phi) is 5.14. The maximum Gasteiger partial charge on any atom is 0.272 e. The van der Waals surface area contributed by atoms with Gasteiger partial charge in [-0.3, -0.25) is 14.9 Å². The van der Waals surface area contributed by atoms with Crippen LogP contribution < -0.4 is 5.32 Å². The molecule has 2 aromatic heterocycles. The standard InChI is InChI=1S/C21H20F2N4O/c22-12-13-7-9-14(10-8-13)18(20-16(23)5-3-11-24-20)25-21(28)19-15-4-1-2-6-17(15)26-27-19/h3,5,7-11,18H,1-2,4,6,12H2,(H,25,28)(H,26,27)/t18-/m0/s1. The average Bonchev–Trinajstić information content (AvgIpc) is 3.17. The van der Waals surface area contributed by atoms with Crippen molar-refractivity contribution in [2.75, 3.05) is 0 Å². The summed E-state index contributed by atoms with van der Waals surface area (Å²) in [5.74, 6) is -0.907. The number of halogens is 2. The van der Waals surface area contributed by atoms with E-state index >= 15 is 0 Å². The van der Waals surface area contributed by atoms with Gasteiger partial charge in [0.25, 0.3) is 5.91 Å². The number of hydrogen-bond donors (Lipinski definition) is 2. The van der Waals surface area contributed by atoms with Crippen LogP contribution in [0.5, 0.6) is 0 Å². The van der Waals surface area contributed by atoms with E-state index in [-0.39, 0.29) is 11.6 Å². The van der Waals surface area contributed by atoms with Gasteiger partial charge in [0.2, 0.25) is 0 Å². The molecule has 0 saturated carbocycles. The Labute approximate surface area is 161 Å². The molecule has 1 amide bonds. The number of amides is 1. The molecule has 2 N–H and O–H groups in total. The van der Waals surface area contributed by atoms with Crippen LogP contribution in [0.25, 0.3) is 0 Å². The highest BCUT2D eigenvalue weighted by Crippen LogP contribution is 2.26. The minimum atomic E-state index is -0.807. The van der Waals surface area contributed by atoms with Crippen LogP contribution in [0.15, 0.2) is 42.6 Å². The number of hydrogen-bond acceptors (Lipinski definition) is 3. The first-order valence-corrected chi connectivity index (χ1v) is 9.29. The summed E-state index contributed by atoms with van der Waals surface area (Å²) in [5, 5.41) is 9.99. The minimum Gasteiger partial charge on any atom is -0.338 e. The van der Waals surface area contributed by atoms with Crippen LogP contribution in [-0.4, -0.2) is 21.1 Å². The predicted molar refractivity (Wildman–Crippen MR) is 100.0 cm³/mol. The number of H-pyrrole nitrogens is 1. The Morgan fingerprint density at radius 1 is 1.18 bits per heavy atom. The van der Waals surface area contributed by atoms with Crippen molar-refractivity contribution in [3.63, 3.8) is 0 Å². The third kappa shape index (κ3) is 3.52. The van der Waals surface area contributed by atoms with Gasteiger partial charge in [-0.2, -0.15) is 5.10 Å². The lowest BCUT2D eigenvalue weighted by Gasteiger charge is -2.20. The van der Waals surface area contributed by atoms with Crippen molar-refractivity contribution in [1.29, 1.82) is 0 Å². The fourth-order valence-corrected chi connectivity index (χ4v) is 3.59. The molecule has 0 bridgehead atoms. The first kappa shape index (κ1) is 18.3.